The molecule has 1 amide bonds. The van der Waals surface area contributed by atoms with Gasteiger partial charge in [-0.15, -0.1) is 10.2 Å². The van der Waals surface area contributed by atoms with Crippen molar-refractivity contribution in [1.82, 2.24) is 10.2 Å². The lowest BCUT2D eigenvalue weighted by atomic mass is 9.95. The highest BCUT2D eigenvalue weighted by Gasteiger charge is 2.48. The van der Waals surface area contributed by atoms with E-state index in [0.717, 1.165) is 23.3 Å². The van der Waals surface area contributed by atoms with Crippen LogP contribution in [0.15, 0.2) is 82.7 Å². The van der Waals surface area contributed by atoms with E-state index in [9.17, 15) is 24.8 Å². The molecule has 1 aliphatic heterocycles. The van der Waals surface area contributed by atoms with E-state index in [1.807, 2.05) is 25.1 Å². The largest absolute Gasteiger partial charge is 0.507 e. The number of carbonyl (C=O) groups excluding carboxylic acids is 2. The van der Waals surface area contributed by atoms with Crippen molar-refractivity contribution in [2.45, 2.75) is 29.5 Å². The van der Waals surface area contributed by atoms with Crippen LogP contribution in [0.25, 0.3) is 5.76 Å². The third-order valence-electron chi connectivity index (χ3n) is 6.38. The predicted molar refractivity (Wildman–Crippen MR) is 161 cm³/mol. The van der Waals surface area contributed by atoms with Gasteiger partial charge in [-0.3, -0.25) is 24.6 Å². The van der Waals surface area contributed by atoms with Gasteiger partial charge < -0.3 is 9.84 Å². The molecule has 2 heterocycles. The summed E-state index contributed by atoms with van der Waals surface area (Å²) in [6, 6.07) is 18.3. The zero-order valence-corrected chi connectivity index (χ0v) is 24.5. The maximum atomic E-state index is 13.4. The molecule has 1 unspecified atom stereocenters. The van der Waals surface area contributed by atoms with Crippen LogP contribution in [0, 0.1) is 10.1 Å². The van der Waals surface area contributed by atoms with Crippen molar-refractivity contribution in [3.63, 3.8) is 0 Å². The fraction of sp³-hybridized carbons (Fsp3) is 0.172. The lowest BCUT2D eigenvalue weighted by Crippen LogP contribution is -2.29. The van der Waals surface area contributed by atoms with E-state index in [1.165, 1.54) is 40.9 Å². The van der Waals surface area contributed by atoms with Gasteiger partial charge in [-0.25, -0.2) is 0 Å². The Balaban J connectivity index is 1.53. The van der Waals surface area contributed by atoms with Gasteiger partial charge in [-0.1, -0.05) is 59.8 Å². The van der Waals surface area contributed by atoms with E-state index >= 15 is 0 Å². The molecule has 1 N–H and O–H groups in total. The molecule has 4 aromatic rings. The van der Waals surface area contributed by atoms with Crippen LogP contribution in [0.5, 0.6) is 5.75 Å². The first-order valence-corrected chi connectivity index (χ1v) is 14.9. The highest BCUT2D eigenvalue weighted by atomic mass is 35.5. The quantitative estimate of drug-likeness (QED) is 0.0385. The second-order valence-electron chi connectivity index (χ2n) is 9.12. The first kappa shape index (κ1) is 29.2. The molecule has 214 valence electrons. The van der Waals surface area contributed by atoms with Crippen LogP contribution in [0.3, 0.4) is 0 Å². The van der Waals surface area contributed by atoms with Crippen molar-refractivity contribution in [3.05, 3.63) is 110 Å². The number of ketones is 1. The van der Waals surface area contributed by atoms with Gasteiger partial charge in [0.2, 0.25) is 5.13 Å². The number of nitro groups is 1. The summed E-state index contributed by atoms with van der Waals surface area (Å²) in [5.74, 6) is -1.10. The van der Waals surface area contributed by atoms with Crippen LogP contribution < -0.4 is 9.64 Å². The Morgan fingerprint density at radius 2 is 1.81 bits per heavy atom. The van der Waals surface area contributed by atoms with Gasteiger partial charge in [-0.2, -0.15) is 0 Å². The van der Waals surface area contributed by atoms with E-state index in [4.69, 9.17) is 16.3 Å². The lowest BCUT2D eigenvalue weighted by Gasteiger charge is -2.22. The lowest BCUT2D eigenvalue weighted by molar-refractivity contribution is -0.384. The zero-order chi connectivity index (χ0) is 29.8. The number of amides is 1. The van der Waals surface area contributed by atoms with Crippen LogP contribution in [0.1, 0.15) is 36.1 Å². The highest BCUT2D eigenvalue weighted by molar-refractivity contribution is 8.00. The Labute approximate surface area is 253 Å². The number of hydrogen-bond donors (Lipinski definition) is 1. The van der Waals surface area contributed by atoms with Crippen LogP contribution in [-0.2, 0) is 15.3 Å². The number of non-ortho nitro benzene ring substituents is 1. The van der Waals surface area contributed by atoms with Crippen molar-refractivity contribution in [3.8, 4) is 5.75 Å². The molecule has 0 saturated carbocycles. The number of aliphatic hydroxyl groups excluding tert-OH is 1. The molecule has 1 saturated heterocycles. The molecule has 10 nitrogen and oxygen atoms in total. The van der Waals surface area contributed by atoms with Crippen LogP contribution in [-0.4, -0.2) is 38.5 Å². The number of anilines is 1. The minimum Gasteiger partial charge on any atom is -0.507 e. The van der Waals surface area contributed by atoms with Gasteiger partial charge in [0.1, 0.15) is 11.5 Å². The Morgan fingerprint density at radius 3 is 2.48 bits per heavy atom. The summed E-state index contributed by atoms with van der Waals surface area (Å²) < 4.78 is 6.14. The van der Waals surface area contributed by atoms with Crippen molar-refractivity contribution >= 4 is 63.0 Å². The molecule has 13 heteroatoms. The van der Waals surface area contributed by atoms with Gasteiger partial charge in [0.15, 0.2) is 4.34 Å². The molecule has 0 spiro atoms. The van der Waals surface area contributed by atoms with E-state index < -0.39 is 22.7 Å². The molecular weight excluding hydrogens is 600 g/mol. The molecule has 1 aromatic heterocycles. The Hall–Kier alpha value is -4.26. The number of benzene rings is 3. The molecule has 5 rings (SSSR count). The zero-order valence-electron chi connectivity index (χ0n) is 22.1. The molecule has 1 atom stereocenters. The molecule has 1 fully saturated rings. The number of Topliss-reactive ketones (excluding diaryl/α,β-unsaturated/α-hetero) is 1. The maximum Gasteiger partial charge on any atom is 0.301 e. The van der Waals surface area contributed by atoms with Crippen LogP contribution >= 0.6 is 34.7 Å². The average Bonchev–Trinajstić information content (AvgIpc) is 3.57. The molecular formula is C29H23ClN4O6S2. The van der Waals surface area contributed by atoms with Crippen molar-refractivity contribution in [2.75, 3.05) is 11.5 Å². The van der Waals surface area contributed by atoms with E-state index in [0.29, 0.717) is 38.6 Å². The summed E-state index contributed by atoms with van der Waals surface area (Å²) >= 11 is 8.74. The first-order valence-electron chi connectivity index (χ1n) is 12.8. The van der Waals surface area contributed by atoms with Crippen LogP contribution in [0.2, 0.25) is 5.02 Å². The third kappa shape index (κ3) is 6.01. The van der Waals surface area contributed by atoms with Gasteiger partial charge in [0, 0.05) is 28.5 Å². The molecule has 0 radical (unpaired) electrons. The number of carbonyl (C=O) groups is 2. The van der Waals surface area contributed by atoms with Gasteiger partial charge >= 0.3 is 5.91 Å². The maximum absolute atomic E-state index is 13.4. The SMILES string of the molecule is CCCOc1ccc(/C(O)=C2/C(=O)C(=O)N(c3nnc(SCc4ccccc4Cl)s3)C2c2ccc([N+](=O)[O-])cc2)cc1. The Kier molecular flexibility index (Phi) is 8.86. The first-order chi connectivity index (χ1) is 20.3. The van der Waals surface area contributed by atoms with Gasteiger partial charge in [0.05, 0.1) is 23.1 Å². The average molecular weight is 623 g/mol. The number of nitro benzene ring substituents is 1. The number of aromatic nitrogens is 2. The molecule has 1 aliphatic rings. The molecule has 3 aromatic carbocycles. The Bertz CT molecular complexity index is 1670. The summed E-state index contributed by atoms with van der Waals surface area (Å²) in [6.45, 7) is 2.51. The number of halogens is 1. The topological polar surface area (TPSA) is 136 Å². The van der Waals surface area contributed by atoms with E-state index in [-0.39, 0.29) is 22.2 Å². The van der Waals surface area contributed by atoms with Crippen molar-refractivity contribution in [2.24, 2.45) is 0 Å². The standard InChI is InChI=1S/C29H23ClN4O6S2/c1-2-15-40-21-13-9-18(10-14-21)25(35)23-24(17-7-11-20(12-8-17)34(38)39)33(27(37)26(23)36)28-31-32-29(42-28)41-16-19-5-3-4-6-22(19)30/h3-14,24,35H,2,15-16H2,1H3/b25-23-. The fourth-order valence-electron chi connectivity index (χ4n) is 4.32. The third-order valence-corrected chi connectivity index (χ3v) is 8.85. The van der Waals surface area contributed by atoms with Crippen molar-refractivity contribution < 1.29 is 24.4 Å². The van der Waals surface area contributed by atoms with E-state index in [2.05, 4.69) is 10.2 Å². The number of nitrogens with zero attached hydrogens (tertiary/aromatic N) is 4. The number of aliphatic hydroxyl groups is 1. The second-order valence-corrected chi connectivity index (χ2v) is 11.7. The molecule has 0 aliphatic carbocycles. The summed E-state index contributed by atoms with van der Waals surface area (Å²) in [5.41, 5.74) is 1.25. The summed E-state index contributed by atoms with van der Waals surface area (Å²) in [4.78, 5) is 38.7. The van der Waals surface area contributed by atoms with Gasteiger partial charge in [0.25, 0.3) is 11.5 Å². The summed E-state index contributed by atoms with van der Waals surface area (Å²) in [5, 5.41) is 31.7. The smallest absolute Gasteiger partial charge is 0.301 e. The summed E-state index contributed by atoms with van der Waals surface area (Å²) in [7, 11) is 0. The minimum atomic E-state index is -1.10. The number of hydrogen-bond acceptors (Lipinski definition) is 10. The number of thioether (sulfide) groups is 1. The second kappa shape index (κ2) is 12.7. The normalized spacial score (nSPS) is 16.1. The highest BCUT2D eigenvalue weighted by Crippen LogP contribution is 2.44. The number of rotatable bonds is 10. The molecule has 42 heavy (non-hydrogen) atoms. The fourth-order valence-corrected chi connectivity index (χ4v) is 6.47. The van der Waals surface area contributed by atoms with E-state index in [1.54, 1.807) is 30.3 Å². The van der Waals surface area contributed by atoms with Crippen molar-refractivity contribution in [1.29, 1.82) is 0 Å². The number of ether oxygens (including phenoxy) is 1. The predicted octanol–water partition coefficient (Wildman–Crippen LogP) is 6.81. The van der Waals surface area contributed by atoms with Crippen LogP contribution in [0.4, 0.5) is 10.8 Å². The molecule has 0 bridgehead atoms. The summed E-state index contributed by atoms with van der Waals surface area (Å²) in [6.07, 6.45) is 0.826. The van der Waals surface area contributed by atoms with Gasteiger partial charge in [-0.05, 0) is 60.0 Å². The minimum absolute atomic E-state index is 0.143. The Morgan fingerprint density at radius 1 is 1.10 bits per heavy atom. The monoisotopic (exact) mass is 622 g/mol.